The van der Waals surface area contributed by atoms with Gasteiger partial charge in [0.1, 0.15) is 23.1 Å². The van der Waals surface area contributed by atoms with Gasteiger partial charge in [0.25, 0.3) is 0 Å². The van der Waals surface area contributed by atoms with E-state index in [0.29, 0.717) is 22.3 Å². The molecule has 0 saturated heterocycles. The average molecular weight is 398 g/mol. The van der Waals surface area contributed by atoms with E-state index in [1.807, 2.05) is 55.5 Å². The van der Waals surface area contributed by atoms with Crippen LogP contribution in [-0.4, -0.2) is 13.1 Å². The van der Waals surface area contributed by atoms with Crippen molar-refractivity contribution in [1.82, 2.24) is 0 Å². The highest BCUT2D eigenvalue weighted by atomic mass is 16.5. The van der Waals surface area contributed by atoms with Crippen LogP contribution in [-0.2, 0) is 4.79 Å². The molecular formula is C25H20NO4-. The van der Waals surface area contributed by atoms with E-state index in [1.54, 1.807) is 37.4 Å². The number of rotatable bonds is 5. The lowest BCUT2D eigenvalue weighted by Gasteiger charge is -2.14. The third-order valence-electron chi connectivity index (χ3n) is 4.88. The second kappa shape index (κ2) is 8.25. The standard InChI is InChI=1S/C25H21NO4/c1-16-8-13-22-20(14-16)21(26-24(25(27)28)18-6-4-3-5-7-18)15-23(30-22)17-9-11-19(29-2)12-10-17/h3-15,24H,1-2H3,(H,27,28)/p-1/t24-/m0/s1. The summed E-state index contributed by atoms with van der Waals surface area (Å²) in [6, 6.07) is 22.7. The first-order chi connectivity index (χ1) is 14.5. The molecule has 1 aromatic heterocycles. The van der Waals surface area contributed by atoms with Gasteiger partial charge < -0.3 is 19.1 Å². The van der Waals surface area contributed by atoms with E-state index >= 15 is 0 Å². The molecule has 5 nitrogen and oxygen atoms in total. The molecule has 0 radical (unpaired) electrons. The van der Waals surface area contributed by atoms with Crippen LogP contribution in [0.5, 0.6) is 5.75 Å². The molecule has 0 aliphatic carbocycles. The summed E-state index contributed by atoms with van der Waals surface area (Å²) in [6.45, 7) is 1.97. The van der Waals surface area contributed by atoms with Crippen molar-refractivity contribution >= 4 is 16.9 Å². The van der Waals surface area contributed by atoms with Gasteiger partial charge in [-0.2, -0.15) is 0 Å². The zero-order valence-electron chi connectivity index (χ0n) is 16.7. The highest BCUT2D eigenvalue weighted by Gasteiger charge is 2.13. The molecule has 0 spiro atoms. The number of ether oxygens (including phenoxy) is 1. The molecule has 0 N–H and O–H groups in total. The van der Waals surface area contributed by atoms with Crippen molar-refractivity contribution in [3.63, 3.8) is 0 Å². The van der Waals surface area contributed by atoms with E-state index < -0.39 is 12.0 Å². The van der Waals surface area contributed by atoms with E-state index in [1.165, 1.54) is 0 Å². The summed E-state index contributed by atoms with van der Waals surface area (Å²) >= 11 is 0. The van der Waals surface area contributed by atoms with E-state index in [2.05, 4.69) is 4.99 Å². The van der Waals surface area contributed by atoms with Gasteiger partial charge in [0.05, 0.1) is 18.4 Å². The predicted molar refractivity (Wildman–Crippen MR) is 113 cm³/mol. The van der Waals surface area contributed by atoms with Gasteiger partial charge in [-0.15, -0.1) is 0 Å². The molecule has 30 heavy (non-hydrogen) atoms. The predicted octanol–water partition coefficient (Wildman–Crippen LogP) is 3.81. The van der Waals surface area contributed by atoms with Crippen LogP contribution in [0.25, 0.3) is 22.3 Å². The van der Waals surface area contributed by atoms with E-state index in [9.17, 15) is 9.90 Å². The summed E-state index contributed by atoms with van der Waals surface area (Å²) in [6.07, 6.45) is 0. The lowest BCUT2D eigenvalue weighted by atomic mass is 10.1. The van der Waals surface area contributed by atoms with Crippen LogP contribution in [0.1, 0.15) is 17.2 Å². The number of carboxylic acid groups (broad SMARTS) is 1. The largest absolute Gasteiger partial charge is 0.547 e. The lowest BCUT2D eigenvalue weighted by Crippen LogP contribution is -2.30. The number of carbonyl (C=O) groups excluding carboxylic acids is 1. The van der Waals surface area contributed by atoms with Gasteiger partial charge in [-0.25, -0.2) is 0 Å². The second-order valence-corrected chi connectivity index (χ2v) is 6.99. The van der Waals surface area contributed by atoms with Crippen LogP contribution < -0.4 is 15.2 Å². The number of carbonyl (C=O) groups is 1. The molecule has 0 saturated carbocycles. The molecule has 0 unspecified atom stereocenters. The van der Waals surface area contributed by atoms with Crippen LogP contribution in [0.2, 0.25) is 0 Å². The number of carboxylic acids is 1. The van der Waals surface area contributed by atoms with Gasteiger partial charge in [0.2, 0.25) is 0 Å². The molecule has 0 fully saturated rings. The maximum absolute atomic E-state index is 11.9. The minimum Gasteiger partial charge on any atom is -0.547 e. The van der Waals surface area contributed by atoms with E-state index in [0.717, 1.165) is 22.3 Å². The summed E-state index contributed by atoms with van der Waals surface area (Å²) in [7, 11) is 1.61. The van der Waals surface area contributed by atoms with Crippen LogP contribution in [0.4, 0.5) is 0 Å². The van der Waals surface area contributed by atoms with E-state index in [-0.39, 0.29) is 0 Å². The average Bonchev–Trinajstić information content (AvgIpc) is 2.77. The molecule has 0 bridgehead atoms. The summed E-state index contributed by atoms with van der Waals surface area (Å²) in [4.78, 5) is 16.5. The number of hydrogen-bond donors (Lipinski definition) is 0. The first-order valence-corrected chi connectivity index (χ1v) is 9.54. The van der Waals surface area contributed by atoms with Gasteiger partial charge >= 0.3 is 0 Å². The van der Waals surface area contributed by atoms with Crippen LogP contribution >= 0.6 is 0 Å². The van der Waals surface area contributed by atoms with Crippen molar-refractivity contribution in [3.8, 4) is 17.1 Å². The van der Waals surface area contributed by atoms with Gasteiger partial charge in [-0.1, -0.05) is 42.0 Å². The maximum Gasteiger partial charge on any atom is 0.136 e. The normalized spacial score (nSPS) is 12.7. The van der Waals surface area contributed by atoms with Crippen LogP contribution in [0.15, 0.2) is 88.3 Å². The summed E-state index contributed by atoms with van der Waals surface area (Å²) in [5.74, 6) is 0.0628. The third-order valence-corrected chi connectivity index (χ3v) is 4.88. The SMILES string of the molecule is COc1ccc(-c2cc(=N[C@H](C(=O)[O-])c3ccccc3)c3cc(C)ccc3o2)cc1. The zero-order chi connectivity index (χ0) is 21.1. The van der Waals surface area contributed by atoms with Crippen molar-refractivity contribution in [2.45, 2.75) is 13.0 Å². The fourth-order valence-corrected chi connectivity index (χ4v) is 3.32. The summed E-state index contributed by atoms with van der Waals surface area (Å²) in [5, 5.41) is 13.2. The van der Waals surface area contributed by atoms with Crippen LogP contribution in [0, 0.1) is 6.92 Å². The molecule has 4 aromatic rings. The Balaban J connectivity index is 1.95. The fourth-order valence-electron chi connectivity index (χ4n) is 3.32. The van der Waals surface area contributed by atoms with Crippen LogP contribution in [0.3, 0.4) is 0 Å². The first kappa shape index (κ1) is 19.5. The van der Waals surface area contributed by atoms with Gasteiger partial charge in [-0.05, 0) is 48.9 Å². The topological polar surface area (TPSA) is 74.9 Å². The maximum atomic E-state index is 11.9. The third kappa shape index (κ3) is 3.96. The minimum atomic E-state index is -1.26. The van der Waals surface area contributed by atoms with Crippen molar-refractivity contribution < 1.29 is 19.1 Å². The number of benzene rings is 3. The highest BCUT2D eigenvalue weighted by Crippen LogP contribution is 2.25. The van der Waals surface area contributed by atoms with Gasteiger partial charge in [0.15, 0.2) is 0 Å². The van der Waals surface area contributed by atoms with Crippen molar-refractivity contribution in [1.29, 1.82) is 0 Å². The first-order valence-electron chi connectivity index (χ1n) is 9.54. The number of aliphatic carboxylic acids is 1. The quantitative estimate of drug-likeness (QED) is 0.512. The molecule has 150 valence electrons. The minimum absolute atomic E-state index is 0.531. The molecule has 1 heterocycles. The number of hydrogen-bond acceptors (Lipinski definition) is 5. The molecule has 3 aromatic carbocycles. The molecule has 1 atom stereocenters. The summed E-state index contributed by atoms with van der Waals surface area (Å²) < 4.78 is 11.3. The Morgan fingerprint density at radius 2 is 1.73 bits per heavy atom. The fraction of sp³-hybridized carbons (Fsp3) is 0.120. The molecule has 0 amide bonds. The zero-order valence-corrected chi connectivity index (χ0v) is 16.7. The number of methoxy groups -OCH3 is 1. The van der Waals surface area contributed by atoms with E-state index in [4.69, 9.17) is 9.15 Å². The monoisotopic (exact) mass is 398 g/mol. The van der Waals surface area contributed by atoms with Gasteiger partial charge in [0, 0.05) is 17.0 Å². The lowest BCUT2D eigenvalue weighted by molar-refractivity contribution is -0.307. The molecule has 0 aliphatic heterocycles. The Kier molecular flexibility index (Phi) is 5.35. The Morgan fingerprint density at radius 3 is 2.40 bits per heavy atom. The van der Waals surface area contributed by atoms with Crippen molar-refractivity contribution in [3.05, 3.63) is 95.3 Å². The van der Waals surface area contributed by atoms with Crippen molar-refractivity contribution in [2.24, 2.45) is 4.99 Å². The smallest absolute Gasteiger partial charge is 0.136 e. The Labute approximate surface area is 173 Å². The number of nitrogens with zero attached hydrogens (tertiary/aromatic N) is 1. The number of aryl methyl sites for hydroxylation is 1. The molecule has 4 rings (SSSR count). The van der Waals surface area contributed by atoms with Gasteiger partial charge in [-0.3, -0.25) is 4.99 Å². The molecule has 5 heteroatoms. The number of fused-ring (bicyclic) bond motifs is 1. The Bertz CT molecular complexity index is 1260. The molecule has 0 aliphatic rings. The second-order valence-electron chi connectivity index (χ2n) is 6.99. The molecular weight excluding hydrogens is 378 g/mol. The highest BCUT2D eigenvalue weighted by molar-refractivity contribution is 5.80. The summed E-state index contributed by atoms with van der Waals surface area (Å²) in [5.41, 5.74) is 3.04. The Hall–Kier alpha value is -3.86. The Morgan fingerprint density at radius 1 is 1.00 bits per heavy atom. The van der Waals surface area contributed by atoms with Crippen molar-refractivity contribution in [2.75, 3.05) is 7.11 Å².